The van der Waals surface area contributed by atoms with E-state index in [9.17, 15) is 13.9 Å². The molecule has 0 saturated carbocycles. The zero-order valence-electron chi connectivity index (χ0n) is 10.2. The van der Waals surface area contributed by atoms with E-state index in [-0.39, 0.29) is 33.2 Å². The summed E-state index contributed by atoms with van der Waals surface area (Å²) in [4.78, 5) is 7.94. The van der Waals surface area contributed by atoms with Crippen molar-refractivity contribution in [3.05, 3.63) is 46.6 Å². The second-order valence-corrected chi connectivity index (χ2v) is 4.81. The number of aromatic hydroxyl groups is 1. The highest BCUT2D eigenvalue weighted by atomic mass is 79.9. The lowest BCUT2D eigenvalue weighted by Gasteiger charge is -2.01. The SMILES string of the molecule is Oc1cccnc1-c1nc(-c2ccc(F)c(F)c2Br)no1. The number of benzene rings is 1. The van der Waals surface area contributed by atoms with Crippen molar-refractivity contribution >= 4 is 15.9 Å². The summed E-state index contributed by atoms with van der Waals surface area (Å²) in [5, 5.41) is 13.3. The molecule has 0 bridgehead atoms. The maximum atomic E-state index is 13.5. The van der Waals surface area contributed by atoms with Crippen LogP contribution in [0.4, 0.5) is 8.78 Å². The Kier molecular flexibility index (Phi) is 3.38. The fourth-order valence-corrected chi connectivity index (χ4v) is 2.19. The summed E-state index contributed by atoms with van der Waals surface area (Å²) in [6.45, 7) is 0. The first-order valence-electron chi connectivity index (χ1n) is 5.70. The highest BCUT2D eigenvalue weighted by molar-refractivity contribution is 9.10. The topological polar surface area (TPSA) is 72.0 Å². The van der Waals surface area contributed by atoms with Gasteiger partial charge in [0.2, 0.25) is 5.82 Å². The number of aromatic nitrogens is 3. The summed E-state index contributed by atoms with van der Waals surface area (Å²) in [6.07, 6.45) is 1.45. The molecule has 0 amide bonds. The first-order chi connectivity index (χ1) is 10.1. The van der Waals surface area contributed by atoms with Gasteiger partial charge in [0, 0.05) is 11.8 Å². The molecule has 0 fully saturated rings. The molecule has 0 aliphatic rings. The van der Waals surface area contributed by atoms with Gasteiger partial charge in [0.1, 0.15) is 5.75 Å². The number of nitrogens with zero attached hydrogens (tertiary/aromatic N) is 3. The van der Waals surface area contributed by atoms with Gasteiger partial charge in [-0.25, -0.2) is 13.8 Å². The van der Waals surface area contributed by atoms with E-state index in [0.29, 0.717) is 0 Å². The second kappa shape index (κ2) is 5.21. The summed E-state index contributed by atoms with van der Waals surface area (Å²) >= 11 is 2.95. The maximum absolute atomic E-state index is 13.5. The van der Waals surface area contributed by atoms with E-state index >= 15 is 0 Å². The van der Waals surface area contributed by atoms with Crippen LogP contribution < -0.4 is 0 Å². The molecule has 21 heavy (non-hydrogen) atoms. The Hall–Kier alpha value is -2.35. The van der Waals surface area contributed by atoms with Gasteiger partial charge in [-0.15, -0.1) is 0 Å². The largest absolute Gasteiger partial charge is 0.505 e. The number of hydrogen-bond acceptors (Lipinski definition) is 5. The summed E-state index contributed by atoms with van der Waals surface area (Å²) in [5.74, 6) is -2.14. The van der Waals surface area contributed by atoms with E-state index in [1.54, 1.807) is 6.07 Å². The lowest BCUT2D eigenvalue weighted by Crippen LogP contribution is -1.91. The van der Waals surface area contributed by atoms with Crippen LogP contribution in [0.15, 0.2) is 39.5 Å². The van der Waals surface area contributed by atoms with Gasteiger partial charge in [-0.1, -0.05) is 5.16 Å². The molecule has 0 spiro atoms. The van der Waals surface area contributed by atoms with E-state index in [1.165, 1.54) is 18.3 Å². The van der Waals surface area contributed by atoms with Crippen molar-refractivity contribution in [1.82, 2.24) is 15.1 Å². The molecule has 8 heteroatoms. The van der Waals surface area contributed by atoms with E-state index in [0.717, 1.165) is 6.07 Å². The smallest absolute Gasteiger partial charge is 0.280 e. The Labute approximate surface area is 125 Å². The van der Waals surface area contributed by atoms with Gasteiger partial charge >= 0.3 is 0 Å². The molecule has 2 aromatic heterocycles. The fraction of sp³-hybridized carbons (Fsp3) is 0. The Morgan fingerprint density at radius 3 is 2.76 bits per heavy atom. The summed E-state index contributed by atoms with van der Waals surface area (Å²) < 4.78 is 31.5. The van der Waals surface area contributed by atoms with Crippen molar-refractivity contribution in [3.63, 3.8) is 0 Å². The molecule has 0 atom stereocenters. The molecule has 0 aliphatic carbocycles. The van der Waals surface area contributed by atoms with Crippen molar-refractivity contribution < 1.29 is 18.4 Å². The van der Waals surface area contributed by atoms with E-state index in [4.69, 9.17) is 4.52 Å². The van der Waals surface area contributed by atoms with Crippen LogP contribution in [0, 0.1) is 11.6 Å². The van der Waals surface area contributed by atoms with Gasteiger partial charge in [-0.05, 0) is 40.2 Å². The van der Waals surface area contributed by atoms with Crippen LogP contribution in [0.1, 0.15) is 0 Å². The minimum atomic E-state index is -1.04. The van der Waals surface area contributed by atoms with E-state index in [2.05, 4.69) is 31.1 Å². The van der Waals surface area contributed by atoms with Gasteiger partial charge in [0.25, 0.3) is 5.89 Å². The third-order valence-corrected chi connectivity index (χ3v) is 3.47. The zero-order valence-corrected chi connectivity index (χ0v) is 11.8. The van der Waals surface area contributed by atoms with E-state index < -0.39 is 11.6 Å². The van der Waals surface area contributed by atoms with Crippen molar-refractivity contribution in [3.8, 4) is 28.7 Å². The Bertz CT molecular complexity index is 823. The lowest BCUT2D eigenvalue weighted by atomic mass is 10.2. The highest BCUT2D eigenvalue weighted by Crippen LogP contribution is 2.32. The fourth-order valence-electron chi connectivity index (χ4n) is 1.69. The molecule has 2 heterocycles. The minimum absolute atomic E-state index is 0.0280. The molecular weight excluding hydrogens is 348 g/mol. The lowest BCUT2D eigenvalue weighted by molar-refractivity contribution is 0.423. The van der Waals surface area contributed by atoms with Crippen LogP contribution in [0.5, 0.6) is 5.75 Å². The first-order valence-corrected chi connectivity index (χ1v) is 6.49. The van der Waals surface area contributed by atoms with Gasteiger partial charge in [-0.3, -0.25) is 0 Å². The van der Waals surface area contributed by atoms with Gasteiger partial charge in [0.15, 0.2) is 17.3 Å². The molecule has 0 aliphatic heterocycles. The normalized spacial score (nSPS) is 10.8. The summed E-state index contributed by atoms with van der Waals surface area (Å²) in [6, 6.07) is 5.24. The molecule has 106 valence electrons. The van der Waals surface area contributed by atoms with E-state index in [1.807, 2.05) is 0 Å². The Balaban J connectivity index is 2.07. The minimum Gasteiger partial charge on any atom is -0.505 e. The van der Waals surface area contributed by atoms with Crippen LogP contribution in [-0.2, 0) is 0 Å². The average molecular weight is 354 g/mol. The van der Waals surface area contributed by atoms with Crippen LogP contribution >= 0.6 is 15.9 Å². The first kappa shape index (κ1) is 13.6. The van der Waals surface area contributed by atoms with Crippen molar-refractivity contribution in [2.75, 3.05) is 0 Å². The molecular formula is C13H6BrF2N3O2. The van der Waals surface area contributed by atoms with Gasteiger partial charge in [-0.2, -0.15) is 4.98 Å². The molecule has 0 unspecified atom stereocenters. The van der Waals surface area contributed by atoms with Crippen LogP contribution in [0.3, 0.4) is 0 Å². The molecule has 5 nitrogen and oxygen atoms in total. The number of halogens is 3. The van der Waals surface area contributed by atoms with Gasteiger partial charge in [0.05, 0.1) is 4.47 Å². The van der Waals surface area contributed by atoms with Gasteiger partial charge < -0.3 is 9.63 Å². The standard InChI is InChI=1S/C13H6BrF2N3O2/c14-9-6(3-4-7(15)10(9)16)12-18-13(21-19-12)11-8(20)2-1-5-17-11/h1-5,20H. The Morgan fingerprint density at radius 1 is 1.19 bits per heavy atom. The number of pyridine rings is 1. The molecule has 0 radical (unpaired) electrons. The van der Waals surface area contributed by atoms with Crippen molar-refractivity contribution in [2.24, 2.45) is 0 Å². The van der Waals surface area contributed by atoms with Crippen LogP contribution in [-0.4, -0.2) is 20.2 Å². The molecule has 0 saturated heterocycles. The zero-order chi connectivity index (χ0) is 15.0. The van der Waals surface area contributed by atoms with Crippen LogP contribution in [0.2, 0.25) is 0 Å². The maximum Gasteiger partial charge on any atom is 0.280 e. The third-order valence-electron chi connectivity index (χ3n) is 2.69. The quantitative estimate of drug-likeness (QED) is 0.713. The predicted octanol–water partition coefficient (Wildman–Crippen LogP) is 3.54. The van der Waals surface area contributed by atoms with Crippen molar-refractivity contribution in [2.45, 2.75) is 0 Å². The molecule has 1 N–H and O–H groups in total. The average Bonchev–Trinajstić information content (AvgIpc) is 2.95. The molecule has 1 aromatic carbocycles. The monoisotopic (exact) mass is 353 g/mol. The van der Waals surface area contributed by atoms with Crippen molar-refractivity contribution in [1.29, 1.82) is 0 Å². The highest BCUT2D eigenvalue weighted by Gasteiger charge is 2.19. The third kappa shape index (κ3) is 2.38. The molecule has 3 rings (SSSR count). The Morgan fingerprint density at radius 2 is 2.00 bits per heavy atom. The molecule has 3 aromatic rings. The predicted molar refractivity (Wildman–Crippen MR) is 72.2 cm³/mol. The summed E-state index contributed by atoms with van der Waals surface area (Å²) in [7, 11) is 0. The summed E-state index contributed by atoms with van der Waals surface area (Å²) in [5.41, 5.74) is 0.328. The number of hydrogen-bond donors (Lipinski definition) is 1. The van der Waals surface area contributed by atoms with Crippen LogP contribution in [0.25, 0.3) is 23.0 Å². The second-order valence-electron chi connectivity index (χ2n) is 4.02. The number of rotatable bonds is 2.